The molecule has 4 heteroatoms. The Kier molecular flexibility index (Phi) is 4.34. The molecule has 0 aliphatic heterocycles. The minimum Gasteiger partial charge on any atom is -0.457 e. The number of esters is 1. The third-order valence-electron chi connectivity index (χ3n) is 3.37. The van der Waals surface area contributed by atoms with E-state index in [1.165, 1.54) is 12.3 Å². The van der Waals surface area contributed by atoms with Gasteiger partial charge in [-0.15, -0.1) is 0 Å². The van der Waals surface area contributed by atoms with Gasteiger partial charge in [0.25, 0.3) is 0 Å². The van der Waals surface area contributed by atoms with Crippen molar-refractivity contribution in [3.8, 4) is 11.1 Å². The molecular formula is C19H14O4. The lowest BCUT2D eigenvalue weighted by atomic mass is 10.0. The Morgan fingerprint density at radius 1 is 0.826 bits per heavy atom. The molecule has 1 heterocycles. The van der Waals surface area contributed by atoms with Gasteiger partial charge in [0.2, 0.25) is 5.76 Å². The van der Waals surface area contributed by atoms with E-state index >= 15 is 0 Å². The Labute approximate surface area is 133 Å². The molecule has 0 fully saturated rings. The van der Waals surface area contributed by atoms with Crippen LogP contribution in [0.25, 0.3) is 11.1 Å². The maximum absolute atomic E-state index is 12.1. The summed E-state index contributed by atoms with van der Waals surface area (Å²) in [6, 6.07) is 20.1. The van der Waals surface area contributed by atoms with Crippen LogP contribution in [0, 0.1) is 0 Å². The lowest BCUT2D eigenvalue weighted by molar-refractivity contribution is 0.0444. The highest BCUT2D eigenvalue weighted by molar-refractivity contribution is 5.99. The zero-order valence-electron chi connectivity index (χ0n) is 12.3. The van der Waals surface area contributed by atoms with Crippen LogP contribution < -0.4 is 0 Å². The van der Waals surface area contributed by atoms with E-state index in [9.17, 15) is 9.59 Å². The molecule has 0 N–H and O–H groups in total. The first-order chi connectivity index (χ1) is 11.2. The number of carbonyl (C=O) groups is 2. The number of furan rings is 1. The Bertz CT molecular complexity index is 787. The van der Waals surface area contributed by atoms with Gasteiger partial charge in [-0.25, -0.2) is 4.79 Å². The SMILES string of the molecule is O=C(COC(=O)c1ccco1)c1ccc(-c2ccccc2)cc1. The monoisotopic (exact) mass is 306 g/mol. The summed E-state index contributed by atoms with van der Waals surface area (Å²) in [6.45, 7) is -0.315. The number of hydrogen-bond donors (Lipinski definition) is 0. The van der Waals surface area contributed by atoms with E-state index in [-0.39, 0.29) is 18.2 Å². The van der Waals surface area contributed by atoms with Crippen LogP contribution in [0.5, 0.6) is 0 Å². The number of carbonyl (C=O) groups excluding carboxylic acids is 2. The molecule has 114 valence electrons. The van der Waals surface area contributed by atoms with E-state index in [0.717, 1.165) is 11.1 Å². The van der Waals surface area contributed by atoms with Gasteiger partial charge in [0.15, 0.2) is 12.4 Å². The van der Waals surface area contributed by atoms with Crippen molar-refractivity contribution in [2.24, 2.45) is 0 Å². The minimum absolute atomic E-state index is 0.0808. The first kappa shape index (κ1) is 14.8. The predicted octanol–water partition coefficient (Wildman–Crippen LogP) is 3.99. The second-order valence-corrected chi connectivity index (χ2v) is 4.92. The first-order valence-corrected chi connectivity index (χ1v) is 7.13. The van der Waals surface area contributed by atoms with Crippen LogP contribution in [0.3, 0.4) is 0 Å². The number of hydrogen-bond acceptors (Lipinski definition) is 4. The molecule has 0 saturated carbocycles. The van der Waals surface area contributed by atoms with Crippen molar-refractivity contribution in [2.45, 2.75) is 0 Å². The molecule has 2 aromatic carbocycles. The van der Waals surface area contributed by atoms with Crippen LogP contribution in [-0.4, -0.2) is 18.4 Å². The zero-order chi connectivity index (χ0) is 16.1. The van der Waals surface area contributed by atoms with E-state index < -0.39 is 5.97 Å². The highest BCUT2D eigenvalue weighted by atomic mass is 16.5. The van der Waals surface area contributed by atoms with Gasteiger partial charge in [-0.3, -0.25) is 4.79 Å². The van der Waals surface area contributed by atoms with Crippen molar-refractivity contribution >= 4 is 11.8 Å². The summed E-state index contributed by atoms with van der Waals surface area (Å²) in [5.74, 6) is -0.828. The summed E-state index contributed by atoms with van der Waals surface area (Å²) >= 11 is 0. The van der Waals surface area contributed by atoms with Crippen LogP contribution in [0.15, 0.2) is 77.4 Å². The first-order valence-electron chi connectivity index (χ1n) is 7.13. The average molecular weight is 306 g/mol. The van der Waals surface area contributed by atoms with Crippen LogP contribution >= 0.6 is 0 Å². The third-order valence-corrected chi connectivity index (χ3v) is 3.37. The van der Waals surface area contributed by atoms with E-state index in [2.05, 4.69) is 0 Å². The maximum Gasteiger partial charge on any atom is 0.374 e. The lowest BCUT2D eigenvalue weighted by Crippen LogP contribution is -2.13. The summed E-state index contributed by atoms with van der Waals surface area (Å²) < 4.78 is 9.85. The van der Waals surface area contributed by atoms with E-state index in [0.29, 0.717) is 5.56 Å². The van der Waals surface area contributed by atoms with Gasteiger partial charge in [0.05, 0.1) is 6.26 Å². The molecular weight excluding hydrogens is 292 g/mol. The maximum atomic E-state index is 12.1. The van der Waals surface area contributed by atoms with Gasteiger partial charge in [-0.1, -0.05) is 54.6 Å². The molecule has 0 aliphatic rings. The van der Waals surface area contributed by atoms with Crippen molar-refractivity contribution in [3.63, 3.8) is 0 Å². The largest absolute Gasteiger partial charge is 0.457 e. The number of rotatable bonds is 5. The van der Waals surface area contributed by atoms with Gasteiger partial charge in [-0.05, 0) is 23.3 Å². The molecule has 3 rings (SSSR count). The second-order valence-electron chi connectivity index (χ2n) is 4.92. The minimum atomic E-state index is -0.649. The van der Waals surface area contributed by atoms with E-state index in [1.807, 2.05) is 42.5 Å². The van der Waals surface area contributed by atoms with Crippen molar-refractivity contribution in [1.29, 1.82) is 0 Å². The van der Waals surface area contributed by atoms with Crippen molar-refractivity contribution in [2.75, 3.05) is 6.61 Å². The average Bonchev–Trinajstić information content (AvgIpc) is 3.15. The molecule has 1 aromatic heterocycles. The van der Waals surface area contributed by atoms with Crippen molar-refractivity contribution in [3.05, 3.63) is 84.3 Å². The van der Waals surface area contributed by atoms with Crippen molar-refractivity contribution in [1.82, 2.24) is 0 Å². The predicted molar refractivity (Wildman–Crippen MR) is 85.2 cm³/mol. The van der Waals surface area contributed by atoms with Gasteiger partial charge < -0.3 is 9.15 Å². The molecule has 4 nitrogen and oxygen atoms in total. The molecule has 0 saturated heterocycles. The second kappa shape index (κ2) is 6.75. The van der Waals surface area contributed by atoms with Gasteiger partial charge in [-0.2, -0.15) is 0 Å². The lowest BCUT2D eigenvalue weighted by Gasteiger charge is -2.05. The van der Waals surface area contributed by atoms with Crippen molar-refractivity contribution < 1.29 is 18.7 Å². The standard InChI is InChI=1S/C19H14O4/c20-17(13-23-19(21)18-7-4-12-22-18)16-10-8-15(9-11-16)14-5-2-1-3-6-14/h1-12H,13H2. The topological polar surface area (TPSA) is 56.5 Å². The van der Waals surface area contributed by atoms with E-state index in [4.69, 9.17) is 9.15 Å². The third kappa shape index (κ3) is 3.55. The number of ketones is 1. The fourth-order valence-electron chi connectivity index (χ4n) is 2.16. The summed E-state index contributed by atoms with van der Waals surface area (Å²) in [5, 5.41) is 0. The normalized spacial score (nSPS) is 10.3. The highest BCUT2D eigenvalue weighted by Crippen LogP contribution is 2.19. The molecule has 0 bridgehead atoms. The Morgan fingerprint density at radius 2 is 1.52 bits per heavy atom. The van der Waals surface area contributed by atoms with Crippen LogP contribution in [-0.2, 0) is 4.74 Å². The Balaban J connectivity index is 1.63. The highest BCUT2D eigenvalue weighted by Gasteiger charge is 2.13. The zero-order valence-corrected chi connectivity index (χ0v) is 12.3. The number of benzene rings is 2. The van der Waals surface area contributed by atoms with Gasteiger partial charge >= 0.3 is 5.97 Å². The van der Waals surface area contributed by atoms with E-state index in [1.54, 1.807) is 18.2 Å². The molecule has 0 amide bonds. The molecule has 0 atom stereocenters. The van der Waals surface area contributed by atoms with Crippen LogP contribution in [0.1, 0.15) is 20.9 Å². The summed E-state index contributed by atoms with van der Waals surface area (Å²) in [5.41, 5.74) is 2.60. The summed E-state index contributed by atoms with van der Waals surface area (Å²) in [4.78, 5) is 23.7. The quantitative estimate of drug-likeness (QED) is 0.528. The molecule has 23 heavy (non-hydrogen) atoms. The van der Waals surface area contributed by atoms with Gasteiger partial charge in [0.1, 0.15) is 0 Å². The fraction of sp³-hybridized carbons (Fsp3) is 0.0526. The molecule has 0 spiro atoms. The molecule has 0 unspecified atom stereocenters. The molecule has 0 radical (unpaired) electrons. The van der Waals surface area contributed by atoms with Crippen LogP contribution in [0.2, 0.25) is 0 Å². The van der Waals surface area contributed by atoms with Gasteiger partial charge in [0, 0.05) is 5.56 Å². The Morgan fingerprint density at radius 3 is 2.17 bits per heavy atom. The summed E-state index contributed by atoms with van der Waals surface area (Å²) in [7, 11) is 0. The number of Topliss-reactive ketones (excluding diaryl/α,β-unsaturated/α-hetero) is 1. The molecule has 0 aliphatic carbocycles. The molecule has 3 aromatic rings. The fourth-order valence-corrected chi connectivity index (χ4v) is 2.16. The number of ether oxygens (including phenoxy) is 1. The smallest absolute Gasteiger partial charge is 0.374 e. The Hall–Kier alpha value is -3.14. The van der Waals surface area contributed by atoms with Crippen LogP contribution in [0.4, 0.5) is 0 Å². The summed E-state index contributed by atoms with van der Waals surface area (Å²) in [6.07, 6.45) is 1.38.